The summed E-state index contributed by atoms with van der Waals surface area (Å²) in [5.74, 6) is -2.08. The van der Waals surface area contributed by atoms with Crippen molar-refractivity contribution in [2.75, 3.05) is 24.6 Å². The maximum atomic E-state index is 13.2. The number of rotatable bonds is 6. The van der Waals surface area contributed by atoms with Gasteiger partial charge in [0.25, 0.3) is 5.91 Å². The van der Waals surface area contributed by atoms with E-state index in [1.54, 1.807) is 21.8 Å². The van der Waals surface area contributed by atoms with E-state index in [9.17, 15) is 32.7 Å². The molecule has 45 heavy (non-hydrogen) atoms. The number of piperidine rings is 1. The molecule has 1 aromatic carbocycles. The molecule has 234 valence electrons. The number of hydrogen-bond acceptors (Lipinski definition) is 8. The molecule has 0 spiro atoms. The Hall–Kier alpha value is -5.23. The first-order valence-electron chi connectivity index (χ1n) is 13.7. The van der Waals surface area contributed by atoms with Crippen molar-refractivity contribution < 1.29 is 42.1 Å². The van der Waals surface area contributed by atoms with Crippen LogP contribution in [-0.4, -0.2) is 79.5 Å². The second-order valence-corrected chi connectivity index (χ2v) is 10.3. The van der Waals surface area contributed by atoms with E-state index in [4.69, 9.17) is 19.6 Å². The number of aliphatic hydroxyl groups excluding tert-OH is 1. The number of carbonyl (C=O) groups is 2. The number of pyridine rings is 2. The van der Waals surface area contributed by atoms with Gasteiger partial charge < -0.3 is 24.7 Å². The molecule has 15 heteroatoms. The van der Waals surface area contributed by atoms with Crippen molar-refractivity contribution in [1.82, 2.24) is 19.5 Å². The summed E-state index contributed by atoms with van der Waals surface area (Å²) in [4.78, 5) is 30.5. The smallest absolute Gasteiger partial charge is 0.490 e. The van der Waals surface area contributed by atoms with Crippen molar-refractivity contribution in [1.29, 1.82) is 5.26 Å². The van der Waals surface area contributed by atoms with Gasteiger partial charge in [-0.1, -0.05) is 12.1 Å². The number of fused-ring (bicyclic) bond motifs is 3. The highest BCUT2D eigenvalue weighted by Gasteiger charge is 2.49. The number of alkyl halides is 3. The quantitative estimate of drug-likeness (QED) is 0.304. The Morgan fingerprint density at radius 1 is 1.13 bits per heavy atom. The number of carbonyl (C=O) groups excluding carboxylic acids is 1. The number of anilines is 1. The normalized spacial score (nSPS) is 17.9. The van der Waals surface area contributed by atoms with Crippen LogP contribution < -0.4 is 9.64 Å². The Kier molecular flexibility index (Phi) is 8.60. The minimum Gasteiger partial charge on any atom is -0.492 e. The number of ether oxygens (including phenoxy) is 1. The number of benzene rings is 1. The zero-order valence-corrected chi connectivity index (χ0v) is 23.6. The van der Waals surface area contributed by atoms with E-state index in [0.717, 1.165) is 23.4 Å². The molecule has 11 nitrogen and oxygen atoms in total. The summed E-state index contributed by atoms with van der Waals surface area (Å²) in [5, 5.41) is 31.6. The molecule has 4 aromatic rings. The summed E-state index contributed by atoms with van der Waals surface area (Å²) in [6.07, 6.45) is -0.454. The van der Waals surface area contributed by atoms with Gasteiger partial charge in [-0.25, -0.2) is 18.7 Å². The van der Waals surface area contributed by atoms with Crippen LogP contribution in [0.3, 0.4) is 0 Å². The average molecular weight is 627 g/mol. The van der Waals surface area contributed by atoms with Gasteiger partial charge in [0.2, 0.25) is 0 Å². The molecule has 0 aliphatic carbocycles. The van der Waals surface area contributed by atoms with E-state index in [1.165, 1.54) is 30.5 Å². The first-order chi connectivity index (χ1) is 21.4. The van der Waals surface area contributed by atoms with E-state index in [0.29, 0.717) is 42.1 Å². The number of hydrogen-bond donors (Lipinski definition) is 2. The number of halogens is 4. The fourth-order valence-corrected chi connectivity index (χ4v) is 5.46. The van der Waals surface area contributed by atoms with Crippen LogP contribution in [0.15, 0.2) is 61.1 Å². The number of nitrogens with zero attached hydrogens (tertiary/aromatic N) is 6. The number of aromatic nitrogens is 3. The van der Waals surface area contributed by atoms with Crippen molar-refractivity contribution in [3.8, 4) is 22.9 Å². The molecule has 0 saturated carbocycles. The third-order valence-corrected chi connectivity index (χ3v) is 7.51. The number of aliphatic hydroxyl groups is 1. The molecule has 3 aromatic heterocycles. The lowest BCUT2D eigenvalue weighted by atomic mass is 9.86. The Balaban J connectivity index is 0.000000515. The topological polar surface area (TPSA) is 144 Å². The Morgan fingerprint density at radius 3 is 2.36 bits per heavy atom. The molecule has 7 rings (SSSR count). The highest BCUT2D eigenvalue weighted by Crippen LogP contribution is 2.37. The minimum atomic E-state index is -5.08. The van der Waals surface area contributed by atoms with Crippen molar-refractivity contribution in [2.45, 2.75) is 37.7 Å². The van der Waals surface area contributed by atoms with Gasteiger partial charge in [0, 0.05) is 30.4 Å². The van der Waals surface area contributed by atoms with Gasteiger partial charge in [0.05, 0.1) is 42.2 Å². The second-order valence-electron chi connectivity index (χ2n) is 10.3. The third kappa shape index (κ3) is 6.36. The van der Waals surface area contributed by atoms with Gasteiger partial charge in [-0.3, -0.25) is 4.79 Å². The van der Waals surface area contributed by atoms with Gasteiger partial charge in [-0.05, 0) is 49.2 Å². The molecule has 3 atom stereocenters. The lowest BCUT2D eigenvalue weighted by Crippen LogP contribution is -2.71. The predicted octanol–water partition coefficient (Wildman–Crippen LogP) is 3.96. The lowest BCUT2D eigenvalue weighted by Gasteiger charge is -2.57. The number of carboxylic acids is 1. The monoisotopic (exact) mass is 626 g/mol. The molecular formula is C30H26F4N6O5. The maximum absolute atomic E-state index is 13.2. The zero-order valence-electron chi connectivity index (χ0n) is 23.6. The van der Waals surface area contributed by atoms with Crippen molar-refractivity contribution >= 4 is 23.2 Å². The van der Waals surface area contributed by atoms with Crippen LogP contribution in [-0.2, 0) is 9.59 Å². The van der Waals surface area contributed by atoms with E-state index >= 15 is 0 Å². The maximum Gasteiger partial charge on any atom is 0.490 e. The van der Waals surface area contributed by atoms with Crippen LogP contribution in [0.25, 0.3) is 16.6 Å². The van der Waals surface area contributed by atoms with Crippen molar-refractivity contribution in [2.24, 2.45) is 0 Å². The molecule has 2 unspecified atom stereocenters. The second kappa shape index (κ2) is 12.4. The van der Waals surface area contributed by atoms with Crippen molar-refractivity contribution in [3.05, 3.63) is 78.0 Å². The standard InChI is InChI=1S/C28H25FN6O3.C2HF3O2/c1-2-38-23-10-24(26-19(11-30)13-32-34(26)16-23)18-5-8-25(31-12-18)33-14-21-9-22(15-33)35(21)28(37)27(36)17-3-6-20(29)7-4-17;3-2(4,5)1(6)7/h3-8,10,12-13,16,21-22,27,36H,2,9,14-15H2,1H3;(H,6,7)/t21?,22?,27-;/m1./s1. The summed E-state index contributed by atoms with van der Waals surface area (Å²) >= 11 is 0. The van der Waals surface area contributed by atoms with Gasteiger partial charge in [-0.2, -0.15) is 23.5 Å². The summed E-state index contributed by atoms with van der Waals surface area (Å²) in [6, 6.07) is 13.3. The van der Waals surface area contributed by atoms with Crippen LogP contribution >= 0.6 is 0 Å². The molecule has 0 radical (unpaired) electrons. The molecule has 2 N–H and O–H groups in total. The van der Waals surface area contributed by atoms with Crippen LogP contribution in [0.4, 0.5) is 23.4 Å². The summed E-state index contributed by atoms with van der Waals surface area (Å²) in [5.41, 5.74) is 3.18. The fraction of sp³-hybridized carbons (Fsp3) is 0.300. The largest absolute Gasteiger partial charge is 0.492 e. The number of amides is 1. The number of nitriles is 1. The van der Waals surface area contributed by atoms with Gasteiger partial charge in [0.15, 0.2) is 6.10 Å². The summed E-state index contributed by atoms with van der Waals surface area (Å²) in [6.45, 7) is 3.63. The third-order valence-electron chi connectivity index (χ3n) is 7.51. The van der Waals surface area contributed by atoms with E-state index in [2.05, 4.69) is 16.1 Å². The molecule has 6 heterocycles. The van der Waals surface area contributed by atoms with Crippen LogP contribution in [0.5, 0.6) is 5.75 Å². The van der Waals surface area contributed by atoms with Crippen molar-refractivity contribution in [3.63, 3.8) is 0 Å². The van der Waals surface area contributed by atoms with E-state index in [-0.39, 0.29) is 18.0 Å². The van der Waals surface area contributed by atoms with Gasteiger partial charge >= 0.3 is 12.1 Å². The van der Waals surface area contributed by atoms with E-state index < -0.39 is 24.1 Å². The number of aliphatic carboxylic acids is 1. The summed E-state index contributed by atoms with van der Waals surface area (Å²) in [7, 11) is 0. The Bertz CT molecular complexity index is 1740. The number of carboxylic acid groups (broad SMARTS) is 1. The average Bonchev–Trinajstić information content (AvgIpc) is 3.44. The zero-order chi connectivity index (χ0) is 32.5. The predicted molar refractivity (Wildman–Crippen MR) is 151 cm³/mol. The van der Waals surface area contributed by atoms with E-state index in [1.807, 2.05) is 25.1 Å². The molecule has 3 aliphatic heterocycles. The van der Waals surface area contributed by atoms with Gasteiger partial charge in [-0.15, -0.1) is 0 Å². The molecule has 3 fully saturated rings. The first kappa shape index (κ1) is 31.2. The van der Waals surface area contributed by atoms with Crippen LogP contribution in [0.2, 0.25) is 0 Å². The molecule has 3 aliphatic rings. The Labute approximate surface area is 253 Å². The molecule has 3 saturated heterocycles. The molecule has 1 amide bonds. The highest BCUT2D eigenvalue weighted by atomic mass is 19.4. The summed E-state index contributed by atoms with van der Waals surface area (Å²) < 4.78 is 52.3. The minimum absolute atomic E-state index is 0.0229. The SMILES string of the molecule is CCOc1cc(-c2ccc(N3CC4CC(C3)N4C(=O)[C@H](O)c3ccc(F)cc3)nc2)c2c(C#N)cnn2c1.O=C(O)C(F)(F)F. The van der Waals surface area contributed by atoms with Crippen LogP contribution in [0, 0.1) is 17.1 Å². The number of piperazine rings is 1. The highest BCUT2D eigenvalue weighted by molar-refractivity contribution is 5.86. The fourth-order valence-electron chi connectivity index (χ4n) is 5.46. The first-order valence-corrected chi connectivity index (χ1v) is 13.7. The van der Waals surface area contributed by atoms with Crippen LogP contribution in [0.1, 0.15) is 30.6 Å². The lowest BCUT2D eigenvalue weighted by molar-refractivity contribution is -0.192. The molecular weight excluding hydrogens is 600 g/mol. The molecule has 2 bridgehead atoms. The Morgan fingerprint density at radius 2 is 1.80 bits per heavy atom. The van der Waals surface area contributed by atoms with Gasteiger partial charge in [0.1, 0.15) is 23.5 Å².